The van der Waals surface area contributed by atoms with Crippen LogP contribution in [0.1, 0.15) is 13.3 Å². The second kappa shape index (κ2) is 6.38. The minimum absolute atomic E-state index is 0.0379. The Kier molecular flexibility index (Phi) is 4.58. The van der Waals surface area contributed by atoms with Gasteiger partial charge in [-0.2, -0.15) is 0 Å². The number of halogens is 2. The Balaban J connectivity index is 2.11. The minimum Gasteiger partial charge on any atom is -0.457 e. The number of pyridine rings is 1. The van der Waals surface area contributed by atoms with E-state index in [2.05, 4.69) is 17.2 Å². The van der Waals surface area contributed by atoms with E-state index in [1.165, 1.54) is 18.2 Å². The fourth-order valence-corrected chi connectivity index (χ4v) is 1.67. The van der Waals surface area contributed by atoms with Gasteiger partial charge in [0, 0.05) is 24.9 Å². The summed E-state index contributed by atoms with van der Waals surface area (Å²) >= 11 is 5.70. The Labute approximate surface area is 116 Å². The van der Waals surface area contributed by atoms with Crippen molar-refractivity contribution in [3.05, 3.63) is 47.4 Å². The van der Waals surface area contributed by atoms with E-state index in [0.29, 0.717) is 11.5 Å². The molecule has 100 valence electrons. The number of rotatable bonds is 5. The number of nitrogens with one attached hydrogen (secondary N) is 1. The van der Waals surface area contributed by atoms with Gasteiger partial charge in [-0.25, -0.2) is 9.37 Å². The highest BCUT2D eigenvalue weighted by atomic mass is 35.5. The van der Waals surface area contributed by atoms with Crippen LogP contribution in [-0.2, 0) is 0 Å². The van der Waals surface area contributed by atoms with Crippen LogP contribution in [0.5, 0.6) is 11.5 Å². The van der Waals surface area contributed by atoms with Crippen LogP contribution in [0, 0.1) is 5.82 Å². The fourth-order valence-electron chi connectivity index (χ4n) is 1.50. The van der Waals surface area contributed by atoms with Gasteiger partial charge in [-0.15, -0.1) is 0 Å². The summed E-state index contributed by atoms with van der Waals surface area (Å²) in [6, 6.07) is 7.76. The van der Waals surface area contributed by atoms with Crippen LogP contribution in [0.25, 0.3) is 0 Å². The molecule has 0 unspecified atom stereocenters. The molecule has 0 saturated carbocycles. The highest BCUT2D eigenvalue weighted by Crippen LogP contribution is 2.26. The topological polar surface area (TPSA) is 34.1 Å². The van der Waals surface area contributed by atoms with Crippen LogP contribution in [0.4, 0.5) is 10.2 Å². The van der Waals surface area contributed by atoms with Crippen molar-refractivity contribution < 1.29 is 9.13 Å². The van der Waals surface area contributed by atoms with Gasteiger partial charge >= 0.3 is 0 Å². The molecule has 0 bridgehead atoms. The first-order valence-corrected chi connectivity index (χ1v) is 6.39. The summed E-state index contributed by atoms with van der Waals surface area (Å²) in [7, 11) is 0. The van der Waals surface area contributed by atoms with Gasteiger partial charge in [-0.1, -0.05) is 18.5 Å². The first-order chi connectivity index (χ1) is 9.19. The van der Waals surface area contributed by atoms with E-state index in [1.54, 1.807) is 18.3 Å². The molecule has 0 fully saturated rings. The van der Waals surface area contributed by atoms with E-state index >= 15 is 0 Å². The minimum atomic E-state index is -0.464. The van der Waals surface area contributed by atoms with Crippen LogP contribution in [-0.4, -0.2) is 11.5 Å². The normalized spacial score (nSPS) is 10.3. The average Bonchev–Trinajstić information content (AvgIpc) is 2.41. The van der Waals surface area contributed by atoms with Crippen molar-refractivity contribution in [3.63, 3.8) is 0 Å². The van der Waals surface area contributed by atoms with E-state index in [-0.39, 0.29) is 5.02 Å². The molecular weight excluding hydrogens is 267 g/mol. The Hall–Kier alpha value is -1.81. The van der Waals surface area contributed by atoms with Gasteiger partial charge in [0.05, 0.1) is 5.02 Å². The van der Waals surface area contributed by atoms with Crippen molar-refractivity contribution >= 4 is 17.4 Å². The van der Waals surface area contributed by atoms with Crippen molar-refractivity contribution in [1.82, 2.24) is 4.98 Å². The third-order valence-corrected chi connectivity index (χ3v) is 2.70. The summed E-state index contributed by atoms with van der Waals surface area (Å²) in [5, 5.41) is 3.20. The zero-order valence-corrected chi connectivity index (χ0v) is 11.2. The lowest BCUT2D eigenvalue weighted by molar-refractivity contribution is 0.480. The maximum Gasteiger partial charge on any atom is 0.142 e. The number of benzene rings is 1. The Morgan fingerprint density at radius 1 is 1.26 bits per heavy atom. The number of aromatic nitrogens is 1. The molecule has 1 aromatic carbocycles. The Morgan fingerprint density at radius 3 is 2.79 bits per heavy atom. The zero-order valence-electron chi connectivity index (χ0n) is 10.5. The van der Waals surface area contributed by atoms with E-state index < -0.39 is 5.82 Å². The molecule has 0 spiro atoms. The summed E-state index contributed by atoms with van der Waals surface area (Å²) in [5.74, 6) is 1.39. The van der Waals surface area contributed by atoms with Crippen LogP contribution >= 0.6 is 11.6 Å². The lowest BCUT2D eigenvalue weighted by Crippen LogP contribution is -2.01. The molecule has 0 amide bonds. The maximum absolute atomic E-state index is 13.0. The van der Waals surface area contributed by atoms with Crippen LogP contribution < -0.4 is 10.1 Å². The standard InChI is InChI=1S/C14H14ClFN2O/c1-2-6-17-14-9-11(5-7-18-14)19-10-3-4-13(16)12(15)8-10/h3-5,7-9H,2,6H2,1H3,(H,17,18). The Bertz CT molecular complexity index is 563. The molecule has 0 aliphatic carbocycles. The van der Waals surface area contributed by atoms with Gasteiger partial charge in [0.1, 0.15) is 23.1 Å². The first-order valence-electron chi connectivity index (χ1n) is 6.02. The summed E-state index contributed by atoms with van der Waals surface area (Å²) in [4.78, 5) is 4.17. The molecule has 5 heteroatoms. The lowest BCUT2D eigenvalue weighted by atomic mass is 10.3. The second-order valence-corrected chi connectivity index (χ2v) is 4.39. The number of ether oxygens (including phenoxy) is 1. The first kappa shape index (κ1) is 13.6. The van der Waals surface area contributed by atoms with Crippen molar-refractivity contribution in [1.29, 1.82) is 0 Å². The second-order valence-electron chi connectivity index (χ2n) is 3.98. The van der Waals surface area contributed by atoms with Crippen molar-refractivity contribution in [2.45, 2.75) is 13.3 Å². The molecule has 0 aliphatic heterocycles. The molecule has 0 radical (unpaired) electrons. The highest BCUT2D eigenvalue weighted by Gasteiger charge is 2.04. The van der Waals surface area contributed by atoms with Crippen LogP contribution in [0.15, 0.2) is 36.5 Å². The number of hydrogen-bond donors (Lipinski definition) is 1. The van der Waals surface area contributed by atoms with Gasteiger partial charge < -0.3 is 10.1 Å². The molecule has 0 saturated heterocycles. The number of nitrogens with zero attached hydrogens (tertiary/aromatic N) is 1. The summed E-state index contributed by atoms with van der Waals surface area (Å²) < 4.78 is 18.6. The van der Waals surface area contributed by atoms with Crippen molar-refractivity contribution in [2.75, 3.05) is 11.9 Å². The van der Waals surface area contributed by atoms with Gasteiger partial charge in [0.2, 0.25) is 0 Å². The molecule has 3 nitrogen and oxygen atoms in total. The molecule has 1 heterocycles. The van der Waals surface area contributed by atoms with E-state index in [4.69, 9.17) is 16.3 Å². The van der Waals surface area contributed by atoms with Gasteiger partial charge in [-0.3, -0.25) is 0 Å². The SMILES string of the molecule is CCCNc1cc(Oc2ccc(F)c(Cl)c2)ccn1. The quantitative estimate of drug-likeness (QED) is 0.876. The van der Waals surface area contributed by atoms with Crippen molar-refractivity contribution in [2.24, 2.45) is 0 Å². The summed E-state index contributed by atoms with van der Waals surface area (Å²) in [5.41, 5.74) is 0. The largest absolute Gasteiger partial charge is 0.457 e. The molecule has 0 aliphatic rings. The smallest absolute Gasteiger partial charge is 0.142 e. The van der Waals surface area contributed by atoms with Gasteiger partial charge in [-0.05, 0) is 24.6 Å². The predicted octanol–water partition coefficient (Wildman–Crippen LogP) is 4.49. The highest BCUT2D eigenvalue weighted by molar-refractivity contribution is 6.30. The molecule has 2 rings (SSSR count). The molecule has 0 atom stereocenters. The van der Waals surface area contributed by atoms with Gasteiger partial charge in [0.15, 0.2) is 0 Å². The molecule has 19 heavy (non-hydrogen) atoms. The van der Waals surface area contributed by atoms with Crippen LogP contribution in [0.3, 0.4) is 0 Å². The third-order valence-electron chi connectivity index (χ3n) is 2.41. The third kappa shape index (κ3) is 3.83. The average molecular weight is 281 g/mol. The summed E-state index contributed by atoms with van der Waals surface area (Å²) in [6.45, 7) is 2.92. The summed E-state index contributed by atoms with van der Waals surface area (Å²) in [6.07, 6.45) is 2.67. The maximum atomic E-state index is 13.0. The molecular formula is C14H14ClFN2O. The lowest BCUT2D eigenvalue weighted by Gasteiger charge is -2.08. The fraction of sp³-hybridized carbons (Fsp3) is 0.214. The number of anilines is 1. The zero-order chi connectivity index (χ0) is 13.7. The van der Waals surface area contributed by atoms with E-state index in [9.17, 15) is 4.39 Å². The molecule has 1 aromatic heterocycles. The van der Waals surface area contributed by atoms with Crippen molar-refractivity contribution in [3.8, 4) is 11.5 Å². The molecule has 1 N–H and O–H groups in total. The Morgan fingerprint density at radius 2 is 2.05 bits per heavy atom. The van der Waals surface area contributed by atoms with Gasteiger partial charge in [0.25, 0.3) is 0 Å². The predicted molar refractivity (Wildman–Crippen MR) is 74.5 cm³/mol. The van der Waals surface area contributed by atoms with E-state index in [0.717, 1.165) is 18.8 Å². The monoisotopic (exact) mass is 280 g/mol. The van der Waals surface area contributed by atoms with Crippen LogP contribution in [0.2, 0.25) is 5.02 Å². The number of hydrogen-bond acceptors (Lipinski definition) is 3. The van der Waals surface area contributed by atoms with E-state index in [1.807, 2.05) is 0 Å². The molecule has 2 aromatic rings.